The van der Waals surface area contributed by atoms with Gasteiger partial charge in [-0.05, 0) is 26.0 Å². The summed E-state index contributed by atoms with van der Waals surface area (Å²) in [6, 6.07) is 5.79. The van der Waals surface area contributed by atoms with Crippen LogP contribution in [0.5, 0.6) is 11.5 Å². The second-order valence-corrected chi connectivity index (χ2v) is 9.15. The Morgan fingerprint density at radius 2 is 1.94 bits per heavy atom. The van der Waals surface area contributed by atoms with Crippen molar-refractivity contribution in [2.24, 2.45) is 4.99 Å². The monoisotopic (exact) mass is 445 g/mol. The van der Waals surface area contributed by atoms with Crippen molar-refractivity contribution in [1.29, 1.82) is 0 Å². The normalized spacial score (nSPS) is 22.0. The largest absolute Gasteiger partial charge is 0.497 e. The number of amidine groups is 1. The van der Waals surface area contributed by atoms with Gasteiger partial charge in [0.05, 0.1) is 59.0 Å². The molecular formula is C22H29N4O4S+. The molecule has 1 saturated heterocycles. The van der Waals surface area contributed by atoms with E-state index in [0.717, 1.165) is 52.8 Å². The summed E-state index contributed by atoms with van der Waals surface area (Å²) in [6.45, 7) is 6.61. The highest BCUT2D eigenvalue weighted by atomic mass is 32.2. The van der Waals surface area contributed by atoms with Crippen molar-refractivity contribution in [3.05, 3.63) is 41.2 Å². The minimum atomic E-state index is -1.40. The molecule has 8 nitrogen and oxygen atoms in total. The Bertz CT molecular complexity index is 1050. The molecular weight excluding hydrogens is 416 g/mol. The van der Waals surface area contributed by atoms with Gasteiger partial charge in [-0.25, -0.2) is 4.21 Å². The minimum Gasteiger partial charge on any atom is -0.497 e. The Labute approximate surface area is 185 Å². The van der Waals surface area contributed by atoms with Gasteiger partial charge in [0, 0.05) is 23.4 Å². The summed E-state index contributed by atoms with van der Waals surface area (Å²) in [4.78, 5) is 9.38. The number of pyridine rings is 1. The van der Waals surface area contributed by atoms with Crippen LogP contribution in [0.1, 0.15) is 16.8 Å². The van der Waals surface area contributed by atoms with E-state index in [4.69, 9.17) is 19.2 Å². The number of benzene rings is 1. The van der Waals surface area contributed by atoms with Gasteiger partial charge in [-0.3, -0.25) is 4.98 Å². The molecule has 0 bridgehead atoms. The summed E-state index contributed by atoms with van der Waals surface area (Å²) in [7, 11) is 3.94. The highest BCUT2D eigenvalue weighted by molar-refractivity contribution is 8.00. The van der Waals surface area contributed by atoms with Gasteiger partial charge in [0.2, 0.25) is 0 Å². The van der Waals surface area contributed by atoms with Gasteiger partial charge in [-0.1, -0.05) is 0 Å². The zero-order valence-corrected chi connectivity index (χ0v) is 19.5. The summed E-state index contributed by atoms with van der Waals surface area (Å²) < 4.78 is 30.5. The summed E-state index contributed by atoms with van der Waals surface area (Å²) in [6.07, 6.45) is 1.77. The number of fused-ring (bicyclic) bond motifs is 1. The van der Waals surface area contributed by atoms with Crippen LogP contribution in [0.2, 0.25) is 0 Å². The first-order valence-electron chi connectivity index (χ1n) is 10.2. The van der Waals surface area contributed by atoms with E-state index in [1.807, 2.05) is 39.1 Å². The quantitative estimate of drug-likeness (QED) is 0.659. The maximum Gasteiger partial charge on any atom is 0.320 e. The Balaban J connectivity index is 1.73. The predicted molar refractivity (Wildman–Crippen MR) is 122 cm³/mol. The third-order valence-corrected chi connectivity index (χ3v) is 7.40. The number of aliphatic imine (C=N–C) groups is 1. The van der Waals surface area contributed by atoms with E-state index in [9.17, 15) is 4.21 Å². The average molecular weight is 446 g/mol. The number of aromatic nitrogens is 1. The Morgan fingerprint density at radius 1 is 1.19 bits per heavy atom. The van der Waals surface area contributed by atoms with Crippen LogP contribution in [0.25, 0.3) is 0 Å². The third-order valence-electron chi connectivity index (χ3n) is 6.01. The zero-order valence-electron chi connectivity index (χ0n) is 18.7. The lowest BCUT2D eigenvalue weighted by Crippen LogP contribution is -2.65. The highest BCUT2D eigenvalue weighted by Gasteiger charge is 2.49. The maximum absolute atomic E-state index is 13.7. The van der Waals surface area contributed by atoms with E-state index in [1.54, 1.807) is 20.4 Å². The van der Waals surface area contributed by atoms with E-state index in [0.29, 0.717) is 18.4 Å². The highest BCUT2D eigenvalue weighted by Crippen LogP contribution is 2.44. The molecule has 0 amide bonds. The lowest BCUT2D eigenvalue weighted by atomic mass is 10.1. The lowest BCUT2D eigenvalue weighted by molar-refractivity contribution is -0.0323. The van der Waals surface area contributed by atoms with Gasteiger partial charge >= 0.3 is 5.17 Å². The number of morpholine rings is 1. The second kappa shape index (κ2) is 8.66. The van der Waals surface area contributed by atoms with Crippen molar-refractivity contribution in [1.82, 2.24) is 14.6 Å². The van der Waals surface area contributed by atoms with Gasteiger partial charge in [0.15, 0.2) is 5.69 Å². The summed E-state index contributed by atoms with van der Waals surface area (Å²) >= 11 is 0. The predicted octanol–water partition coefficient (Wildman–Crippen LogP) is 2.85. The number of aryl methyl sites for hydroxylation is 1. The summed E-state index contributed by atoms with van der Waals surface area (Å²) in [5.74, 6) is 1.80. The third kappa shape index (κ3) is 3.76. The fourth-order valence-electron chi connectivity index (χ4n) is 4.26. The fraction of sp³-hybridized carbons (Fsp3) is 0.455. The molecule has 166 valence electrons. The summed E-state index contributed by atoms with van der Waals surface area (Å²) in [5, 5.41) is 2.84. The molecule has 2 atom stereocenters. The second-order valence-electron chi connectivity index (χ2n) is 7.81. The van der Waals surface area contributed by atoms with Crippen molar-refractivity contribution in [3.63, 3.8) is 0 Å². The van der Waals surface area contributed by atoms with Crippen LogP contribution < -0.4 is 14.1 Å². The molecule has 9 heteroatoms. The number of methoxy groups -OCH3 is 2. The molecule has 0 N–H and O–H groups in total. The molecule has 1 aromatic carbocycles. The lowest BCUT2D eigenvalue weighted by Gasteiger charge is -2.40. The molecule has 2 aliphatic rings. The van der Waals surface area contributed by atoms with Crippen molar-refractivity contribution in [2.75, 3.05) is 47.6 Å². The number of quaternary nitrogens is 1. The van der Waals surface area contributed by atoms with Gasteiger partial charge in [-0.2, -0.15) is 9.58 Å². The van der Waals surface area contributed by atoms with Crippen LogP contribution in [0.3, 0.4) is 0 Å². The van der Waals surface area contributed by atoms with E-state index in [1.165, 1.54) is 0 Å². The van der Waals surface area contributed by atoms with Gasteiger partial charge in [0.1, 0.15) is 28.0 Å². The van der Waals surface area contributed by atoms with Gasteiger partial charge in [-0.15, -0.1) is 5.01 Å². The smallest absolute Gasteiger partial charge is 0.320 e. The Kier molecular flexibility index (Phi) is 6.11. The zero-order chi connectivity index (χ0) is 22.2. The molecule has 1 fully saturated rings. The SMILES string of the molecule is COc1ccc2c(c1)[N+](C)(N1CCOCC1)C(S(=O)Cc1ncc(C)c(OC)c1C)=N2. The van der Waals surface area contributed by atoms with E-state index in [-0.39, 0.29) is 10.3 Å². The minimum absolute atomic E-state index is 0.255. The standard InChI is InChI=1S/C22H29N4O4S/c1-15-13-23-19(16(2)21(15)29-5)14-31(27)22-24-18-7-6-17(28-4)12-20(18)26(22,3)25-8-10-30-11-9-25/h6-7,12-13H,8-11,14H2,1-5H3/q+1. The van der Waals surface area contributed by atoms with E-state index >= 15 is 0 Å². The molecule has 0 spiro atoms. The number of nitrogens with zero attached hydrogens (tertiary/aromatic N) is 4. The van der Waals surface area contributed by atoms with Crippen molar-refractivity contribution >= 4 is 27.3 Å². The topological polar surface area (TPSA) is 73.2 Å². The number of hydrogen-bond acceptors (Lipinski definition) is 7. The fourth-order valence-corrected chi connectivity index (χ4v) is 5.74. The van der Waals surface area contributed by atoms with Crippen molar-refractivity contribution in [2.45, 2.75) is 19.6 Å². The molecule has 3 heterocycles. The maximum atomic E-state index is 13.7. The molecule has 0 saturated carbocycles. The van der Waals surface area contributed by atoms with Gasteiger partial charge < -0.3 is 14.2 Å². The van der Waals surface area contributed by atoms with Crippen molar-refractivity contribution < 1.29 is 18.4 Å². The van der Waals surface area contributed by atoms with Crippen LogP contribution in [-0.4, -0.2) is 66.9 Å². The van der Waals surface area contributed by atoms with Crippen LogP contribution in [0.4, 0.5) is 11.4 Å². The number of ether oxygens (including phenoxy) is 3. The molecule has 0 radical (unpaired) electrons. The van der Waals surface area contributed by atoms with Crippen LogP contribution >= 0.6 is 0 Å². The first-order valence-corrected chi connectivity index (χ1v) is 11.6. The molecule has 2 aromatic rings. The molecule has 2 unspecified atom stereocenters. The van der Waals surface area contributed by atoms with Crippen LogP contribution in [0, 0.1) is 13.8 Å². The van der Waals surface area contributed by atoms with Crippen LogP contribution in [0.15, 0.2) is 29.4 Å². The average Bonchev–Trinajstić information content (AvgIpc) is 3.10. The molecule has 31 heavy (non-hydrogen) atoms. The van der Waals surface area contributed by atoms with E-state index < -0.39 is 10.8 Å². The number of rotatable bonds is 5. The first kappa shape index (κ1) is 21.9. The van der Waals surface area contributed by atoms with Gasteiger partial charge in [0.25, 0.3) is 0 Å². The Morgan fingerprint density at radius 3 is 2.61 bits per heavy atom. The first-order chi connectivity index (χ1) is 14.9. The summed E-state index contributed by atoms with van der Waals surface area (Å²) in [5.41, 5.74) is 4.39. The molecule has 0 aliphatic carbocycles. The van der Waals surface area contributed by atoms with Crippen LogP contribution in [-0.2, 0) is 21.3 Å². The Hall–Kier alpha value is -2.33. The molecule has 2 aliphatic heterocycles. The number of hydrogen-bond donors (Lipinski definition) is 0. The molecule has 4 rings (SSSR count). The van der Waals surface area contributed by atoms with E-state index in [2.05, 4.69) is 9.99 Å². The van der Waals surface area contributed by atoms with Crippen molar-refractivity contribution in [3.8, 4) is 11.5 Å². The molecule has 1 aromatic heterocycles.